The highest BCUT2D eigenvalue weighted by Crippen LogP contribution is 2.23. The van der Waals surface area contributed by atoms with Crippen molar-refractivity contribution in [3.05, 3.63) is 64.9 Å². The van der Waals surface area contributed by atoms with Crippen LogP contribution in [0.4, 0.5) is 14.9 Å². The Kier molecular flexibility index (Phi) is 6.29. The molecular weight excluding hydrogens is 471 g/mol. The molecule has 2 saturated heterocycles. The van der Waals surface area contributed by atoms with E-state index in [9.17, 15) is 14.0 Å². The number of rotatable bonds is 5. The van der Waals surface area contributed by atoms with Crippen molar-refractivity contribution in [2.45, 2.75) is 12.6 Å². The van der Waals surface area contributed by atoms with Crippen LogP contribution in [0.1, 0.15) is 5.56 Å². The molecule has 0 N–H and O–H groups in total. The van der Waals surface area contributed by atoms with Gasteiger partial charge in [0.15, 0.2) is 0 Å². The average Bonchev–Trinajstić information content (AvgIpc) is 3.20. The molecule has 1 atom stereocenters. The monoisotopic (exact) mass is 497 g/mol. The third kappa shape index (κ3) is 4.53. The van der Waals surface area contributed by atoms with Gasteiger partial charge >= 0.3 is 11.9 Å². The predicted octanol–water partition coefficient (Wildman–Crippen LogP) is 2.52. The Morgan fingerprint density at radius 2 is 1.74 bits per heavy atom. The molecule has 0 aromatic heterocycles. The van der Waals surface area contributed by atoms with E-state index >= 15 is 0 Å². The van der Waals surface area contributed by atoms with E-state index in [1.54, 1.807) is 19.2 Å². The summed E-state index contributed by atoms with van der Waals surface area (Å²) >= 11 is 6.21. The first-order valence-corrected chi connectivity index (χ1v) is 11.9. The summed E-state index contributed by atoms with van der Waals surface area (Å²) in [6.07, 6.45) is 0. The lowest BCUT2D eigenvalue weighted by molar-refractivity contribution is -0.552. The molecule has 1 unspecified atom stereocenters. The van der Waals surface area contributed by atoms with Gasteiger partial charge < -0.3 is 4.90 Å². The Bertz CT molecular complexity index is 1220. The van der Waals surface area contributed by atoms with Gasteiger partial charge in [-0.1, -0.05) is 23.7 Å². The van der Waals surface area contributed by atoms with E-state index < -0.39 is 6.04 Å². The molecule has 5 rings (SSSR count). The number of likely N-dealkylation sites (N-methyl/N-ethyl adjacent to an activating group) is 2. The average molecular weight is 498 g/mol. The van der Waals surface area contributed by atoms with Crippen LogP contribution in [0.15, 0.2) is 53.5 Å². The highest BCUT2D eigenvalue weighted by atomic mass is 35.5. The number of aliphatic imine (C=N–C) groups is 1. The summed E-state index contributed by atoms with van der Waals surface area (Å²) < 4.78 is 15.3. The van der Waals surface area contributed by atoms with Gasteiger partial charge in [0.25, 0.3) is 17.8 Å². The van der Waals surface area contributed by atoms with Gasteiger partial charge in [-0.05, 0) is 47.0 Å². The molecule has 3 heterocycles. The number of carbonyl (C=O) groups excluding carboxylic acids is 2. The van der Waals surface area contributed by atoms with Crippen LogP contribution >= 0.6 is 11.6 Å². The number of urea groups is 1. The van der Waals surface area contributed by atoms with Gasteiger partial charge in [0.1, 0.15) is 18.9 Å². The Balaban J connectivity index is 1.39. The van der Waals surface area contributed by atoms with Gasteiger partial charge in [-0.3, -0.25) is 19.5 Å². The highest BCUT2D eigenvalue weighted by Gasteiger charge is 2.53. The number of fused-ring (bicyclic) bond motifs is 1. The van der Waals surface area contributed by atoms with Crippen molar-refractivity contribution in [1.82, 2.24) is 14.7 Å². The third-order valence-electron chi connectivity index (χ3n) is 6.78. The van der Waals surface area contributed by atoms with Crippen LogP contribution in [-0.2, 0) is 11.3 Å². The molecule has 0 bridgehead atoms. The highest BCUT2D eigenvalue weighted by molar-refractivity contribution is 6.30. The number of amides is 3. The fraction of sp³-hybridized carbons (Fsp3) is 0.360. The Morgan fingerprint density at radius 1 is 1.03 bits per heavy atom. The molecule has 10 heteroatoms. The number of hydrogen-bond donors (Lipinski definition) is 0. The number of benzene rings is 2. The van der Waals surface area contributed by atoms with E-state index in [1.807, 2.05) is 28.8 Å². The molecule has 0 radical (unpaired) electrons. The fourth-order valence-corrected chi connectivity index (χ4v) is 5.02. The molecule has 0 spiro atoms. The van der Waals surface area contributed by atoms with Crippen molar-refractivity contribution in [1.29, 1.82) is 0 Å². The van der Waals surface area contributed by atoms with Crippen LogP contribution < -0.4 is 4.90 Å². The molecule has 35 heavy (non-hydrogen) atoms. The molecule has 8 nitrogen and oxygen atoms in total. The quantitative estimate of drug-likeness (QED) is 0.596. The van der Waals surface area contributed by atoms with Crippen LogP contribution in [0.3, 0.4) is 0 Å². The maximum Gasteiger partial charge on any atom is 0.333 e. The fourth-order valence-electron chi connectivity index (χ4n) is 4.81. The molecule has 0 saturated carbocycles. The van der Waals surface area contributed by atoms with Crippen molar-refractivity contribution in [2.24, 2.45) is 4.99 Å². The summed E-state index contributed by atoms with van der Waals surface area (Å²) in [4.78, 5) is 37.6. The van der Waals surface area contributed by atoms with Crippen molar-refractivity contribution in [3.8, 4) is 0 Å². The van der Waals surface area contributed by atoms with Crippen LogP contribution in [-0.4, -0.2) is 95.7 Å². The number of piperazine rings is 1. The van der Waals surface area contributed by atoms with E-state index in [0.29, 0.717) is 23.9 Å². The molecule has 3 amide bonds. The largest absolute Gasteiger partial charge is 0.369 e. The van der Waals surface area contributed by atoms with Crippen molar-refractivity contribution >= 4 is 40.9 Å². The zero-order chi connectivity index (χ0) is 24.7. The minimum atomic E-state index is -0.655. The Morgan fingerprint density at radius 3 is 2.43 bits per heavy atom. The van der Waals surface area contributed by atoms with Crippen LogP contribution in [0.25, 0.3) is 0 Å². The molecule has 2 aromatic carbocycles. The second-order valence-corrected chi connectivity index (χ2v) is 9.46. The summed E-state index contributed by atoms with van der Waals surface area (Å²) in [5, 5.41) is 0.626. The van der Waals surface area contributed by atoms with E-state index in [0.717, 1.165) is 48.2 Å². The standard InChI is InChI=1S/C25H27ClFN6O2/c1-29-23-22(24(34)30(2)25(29)35)33(15-17-4-3-5-18(26)14-17)21(28-23)16-31-10-12-32(13-11-31)20-8-6-19(27)7-9-20/h3-9,14,22H,10-13,15-16H2,1-2H3/q+1. The number of carbonyl (C=O) groups is 2. The molecule has 2 aromatic rings. The maximum atomic E-state index is 13.3. The van der Waals surface area contributed by atoms with E-state index in [-0.39, 0.29) is 17.8 Å². The van der Waals surface area contributed by atoms with Crippen LogP contribution in [0, 0.1) is 5.82 Å². The number of amidine groups is 2. The van der Waals surface area contributed by atoms with Gasteiger partial charge in [-0.15, -0.1) is 0 Å². The second kappa shape index (κ2) is 9.39. The minimum absolute atomic E-state index is 0.242. The lowest BCUT2D eigenvalue weighted by Gasteiger charge is -2.35. The molecular formula is C25H27ClFN6O2+. The van der Waals surface area contributed by atoms with Crippen molar-refractivity contribution in [2.75, 3.05) is 51.7 Å². The van der Waals surface area contributed by atoms with Gasteiger partial charge in [-0.25, -0.2) is 13.8 Å². The normalized spacial score (nSPS) is 21.1. The summed E-state index contributed by atoms with van der Waals surface area (Å²) in [5.74, 6) is 0.683. The number of hydrogen-bond acceptors (Lipinski definition) is 5. The first-order chi connectivity index (χ1) is 16.8. The number of anilines is 1. The zero-order valence-electron chi connectivity index (χ0n) is 19.7. The van der Waals surface area contributed by atoms with Gasteiger partial charge in [-0.2, -0.15) is 0 Å². The third-order valence-corrected chi connectivity index (χ3v) is 7.02. The van der Waals surface area contributed by atoms with Crippen LogP contribution in [0.2, 0.25) is 5.02 Å². The van der Waals surface area contributed by atoms with Crippen molar-refractivity contribution < 1.29 is 18.6 Å². The van der Waals surface area contributed by atoms with Crippen molar-refractivity contribution in [3.63, 3.8) is 0 Å². The SMILES string of the molecule is CN1C(=O)C2C(=NC(CN3CCN(c4ccc(F)cc4)CC3)=[N+]2Cc2cccc(Cl)c2)N(C)C1=O. The molecule has 0 aliphatic carbocycles. The number of nitrogens with zero attached hydrogens (tertiary/aromatic N) is 6. The second-order valence-electron chi connectivity index (χ2n) is 9.03. The lowest BCUT2D eigenvalue weighted by Crippen LogP contribution is -2.61. The molecule has 3 aliphatic rings. The summed E-state index contributed by atoms with van der Waals surface area (Å²) in [6.45, 7) is 4.19. The Labute approximate surface area is 208 Å². The first kappa shape index (κ1) is 23.4. The first-order valence-electron chi connectivity index (χ1n) is 11.6. The van der Waals surface area contributed by atoms with Gasteiger partial charge in [0.2, 0.25) is 0 Å². The summed E-state index contributed by atoms with van der Waals surface area (Å²) in [5.41, 5.74) is 1.96. The van der Waals surface area contributed by atoms with Crippen LogP contribution in [0.5, 0.6) is 0 Å². The number of halogens is 2. The lowest BCUT2D eigenvalue weighted by atomic mass is 10.1. The topological polar surface area (TPSA) is 62.5 Å². The van der Waals surface area contributed by atoms with Gasteiger partial charge in [0.05, 0.1) is 0 Å². The molecule has 182 valence electrons. The van der Waals surface area contributed by atoms with E-state index in [1.165, 1.54) is 24.1 Å². The number of imide groups is 1. The zero-order valence-corrected chi connectivity index (χ0v) is 20.5. The summed E-state index contributed by atoms with van der Waals surface area (Å²) in [6, 6.07) is 13.1. The van der Waals surface area contributed by atoms with Gasteiger partial charge in [0, 0.05) is 51.0 Å². The summed E-state index contributed by atoms with van der Waals surface area (Å²) in [7, 11) is 3.15. The molecule has 2 fully saturated rings. The smallest absolute Gasteiger partial charge is 0.333 e. The maximum absolute atomic E-state index is 13.3. The van der Waals surface area contributed by atoms with E-state index in [4.69, 9.17) is 16.6 Å². The van der Waals surface area contributed by atoms with E-state index in [2.05, 4.69) is 9.80 Å². The Hall–Kier alpha value is -3.30. The predicted molar refractivity (Wildman–Crippen MR) is 133 cm³/mol. The minimum Gasteiger partial charge on any atom is -0.369 e. The molecule has 3 aliphatic heterocycles.